The van der Waals surface area contributed by atoms with Gasteiger partial charge in [0.2, 0.25) is 0 Å². The molecule has 0 saturated carbocycles. The second-order valence-electron chi connectivity index (χ2n) is 6.65. The average Bonchev–Trinajstić information content (AvgIpc) is 3.04. The zero-order chi connectivity index (χ0) is 24.1. The Morgan fingerprint density at radius 2 is 1.31 bits per heavy atom. The second-order valence-corrected chi connectivity index (χ2v) is 6.65. The number of aliphatic hydroxyl groups excluding tert-OH is 2. The van der Waals surface area contributed by atoms with E-state index in [-0.39, 0.29) is 5.01 Å². The molecule has 3 unspecified atom stereocenters. The molecule has 0 radical (unpaired) electrons. The van der Waals surface area contributed by atoms with E-state index in [1.54, 1.807) is 0 Å². The smallest absolute Gasteiger partial charge is 0.387 e. The van der Waals surface area contributed by atoms with Crippen molar-refractivity contribution in [2.75, 3.05) is 5.01 Å². The van der Waals surface area contributed by atoms with Crippen molar-refractivity contribution in [3.05, 3.63) is 53.6 Å². The van der Waals surface area contributed by atoms with E-state index < -0.39 is 64.9 Å². The van der Waals surface area contributed by atoms with E-state index in [1.165, 1.54) is 0 Å². The van der Waals surface area contributed by atoms with Crippen molar-refractivity contribution >= 4 is 11.4 Å². The van der Waals surface area contributed by atoms with Crippen molar-refractivity contribution in [1.82, 2.24) is 9.97 Å². The number of pyridine rings is 2. The summed E-state index contributed by atoms with van der Waals surface area (Å²) in [7, 11) is 0. The van der Waals surface area contributed by atoms with Crippen LogP contribution in [-0.4, -0.2) is 38.3 Å². The van der Waals surface area contributed by atoms with Gasteiger partial charge in [-0.1, -0.05) is 0 Å². The maximum atomic E-state index is 13.5. The number of rotatable bonds is 3. The van der Waals surface area contributed by atoms with Crippen LogP contribution < -0.4 is 5.01 Å². The summed E-state index contributed by atoms with van der Waals surface area (Å²) in [5.74, 6) is -2.37. The van der Waals surface area contributed by atoms with Crippen LogP contribution in [0.3, 0.4) is 0 Å². The SMILES string of the molecule is OC(c1cncc(C(F)(F)F)c1)C1C(C(F)(F)F)=NN(c2cncc(C(F)(F)F)c2)C1O. The van der Waals surface area contributed by atoms with Gasteiger partial charge in [-0.2, -0.15) is 44.6 Å². The third kappa shape index (κ3) is 4.62. The van der Waals surface area contributed by atoms with Crippen molar-refractivity contribution in [2.45, 2.75) is 30.9 Å². The highest BCUT2D eigenvalue weighted by atomic mass is 19.4. The minimum Gasteiger partial charge on any atom is -0.387 e. The summed E-state index contributed by atoms with van der Waals surface area (Å²) in [4.78, 5) is 6.50. The lowest BCUT2D eigenvalue weighted by Gasteiger charge is -2.27. The summed E-state index contributed by atoms with van der Waals surface area (Å²) in [5.41, 5.74) is -5.94. The van der Waals surface area contributed by atoms with Gasteiger partial charge in [0.25, 0.3) is 0 Å². The molecule has 2 aromatic rings. The van der Waals surface area contributed by atoms with Crippen LogP contribution in [-0.2, 0) is 12.4 Å². The predicted molar refractivity (Wildman–Crippen MR) is 88.9 cm³/mol. The molecule has 2 N–H and O–H groups in total. The standard InChI is InChI=1S/C17H11F9N4O2/c18-15(19,20)8-1-7(3-27-4-8)12(31)11-13(17(24,25)26)29-30(14(11)32)10-2-9(5-28-6-10)16(21,22)23/h1-6,11-12,14,31-32H. The molecule has 2 aromatic heterocycles. The van der Waals surface area contributed by atoms with Gasteiger partial charge < -0.3 is 10.2 Å². The largest absolute Gasteiger partial charge is 0.431 e. The van der Waals surface area contributed by atoms with Crippen LogP contribution in [0.5, 0.6) is 0 Å². The highest BCUT2D eigenvalue weighted by Gasteiger charge is 2.53. The van der Waals surface area contributed by atoms with Crippen LogP contribution in [0.25, 0.3) is 0 Å². The number of nitrogens with zero attached hydrogens (tertiary/aromatic N) is 4. The molecule has 3 rings (SSSR count). The first-order valence-corrected chi connectivity index (χ1v) is 8.46. The summed E-state index contributed by atoms with van der Waals surface area (Å²) in [6.07, 6.45) is -17.8. The third-order valence-electron chi connectivity index (χ3n) is 4.48. The molecule has 1 aliphatic heterocycles. The van der Waals surface area contributed by atoms with Crippen LogP contribution in [0.1, 0.15) is 22.8 Å². The number of aliphatic hydroxyl groups is 2. The van der Waals surface area contributed by atoms with Gasteiger partial charge in [-0.15, -0.1) is 0 Å². The van der Waals surface area contributed by atoms with Crippen molar-refractivity contribution in [3.8, 4) is 0 Å². The normalized spacial score (nSPS) is 21.0. The number of hydrogen-bond donors (Lipinski definition) is 2. The molecule has 0 fully saturated rings. The molecule has 3 atom stereocenters. The highest BCUT2D eigenvalue weighted by Crippen LogP contribution is 2.41. The summed E-state index contributed by atoms with van der Waals surface area (Å²) in [6.45, 7) is 0. The Bertz CT molecular complexity index is 1020. The van der Waals surface area contributed by atoms with Gasteiger partial charge in [-0.05, 0) is 12.1 Å². The van der Waals surface area contributed by atoms with E-state index in [1.807, 2.05) is 0 Å². The first-order valence-electron chi connectivity index (χ1n) is 8.46. The first kappa shape index (κ1) is 23.7. The number of alkyl halides is 9. The highest BCUT2D eigenvalue weighted by molar-refractivity contribution is 5.95. The third-order valence-corrected chi connectivity index (χ3v) is 4.48. The van der Waals surface area contributed by atoms with Crippen LogP contribution in [0.2, 0.25) is 0 Å². The Morgan fingerprint density at radius 3 is 1.84 bits per heavy atom. The topological polar surface area (TPSA) is 81.8 Å². The summed E-state index contributed by atoms with van der Waals surface area (Å²) < 4.78 is 118. The fraction of sp³-hybridized carbons (Fsp3) is 0.353. The first-order chi connectivity index (χ1) is 14.6. The van der Waals surface area contributed by atoms with Gasteiger partial charge in [0.15, 0.2) is 11.9 Å². The Hall–Kier alpha value is -2.94. The summed E-state index contributed by atoms with van der Waals surface area (Å²) in [5, 5.41) is 24.0. The lowest BCUT2D eigenvalue weighted by molar-refractivity contribution is -0.138. The van der Waals surface area contributed by atoms with Crippen molar-refractivity contribution in [1.29, 1.82) is 0 Å². The number of anilines is 1. The van der Waals surface area contributed by atoms with Crippen LogP contribution in [0.4, 0.5) is 45.2 Å². The molecule has 3 heterocycles. The van der Waals surface area contributed by atoms with Gasteiger partial charge in [0.05, 0.1) is 35.0 Å². The zero-order valence-corrected chi connectivity index (χ0v) is 15.3. The number of aromatic nitrogens is 2. The Morgan fingerprint density at radius 1 is 0.781 bits per heavy atom. The molecule has 0 amide bonds. The molecule has 0 bridgehead atoms. The number of hydrogen-bond acceptors (Lipinski definition) is 6. The van der Waals surface area contributed by atoms with E-state index in [0.717, 1.165) is 0 Å². The monoisotopic (exact) mass is 474 g/mol. The Balaban J connectivity index is 2.03. The average molecular weight is 474 g/mol. The predicted octanol–water partition coefficient (Wildman–Crippen LogP) is 3.92. The molecule has 32 heavy (non-hydrogen) atoms. The lowest BCUT2D eigenvalue weighted by atomic mass is 9.90. The minimum atomic E-state index is -5.29. The molecular weight excluding hydrogens is 463 g/mol. The molecule has 1 aliphatic rings. The molecule has 0 saturated heterocycles. The van der Waals surface area contributed by atoms with Crippen molar-refractivity contribution in [3.63, 3.8) is 0 Å². The van der Waals surface area contributed by atoms with Gasteiger partial charge in [0.1, 0.15) is 0 Å². The maximum absolute atomic E-state index is 13.5. The van der Waals surface area contributed by atoms with E-state index in [9.17, 15) is 49.7 Å². The van der Waals surface area contributed by atoms with Crippen LogP contribution >= 0.6 is 0 Å². The number of halogens is 9. The van der Waals surface area contributed by atoms with Gasteiger partial charge in [-0.25, -0.2) is 5.01 Å². The molecule has 6 nitrogen and oxygen atoms in total. The second kappa shape index (κ2) is 7.88. The van der Waals surface area contributed by atoms with Gasteiger partial charge in [-0.3, -0.25) is 9.97 Å². The molecule has 174 valence electrons. The summed E-state index contributed by atoms with van der Waals surface area (Å²) >= 11 is 0. The van der Waals surface area contributed by atoms with Gasteiger partial charge >= 0.3 is 18.5 Å². The van der Waals surface area contributed by atoms with E-state index in [4.69, 9.17) is 0 Å². The molecule has 0 aliphatic carbocycles. The minimum absolute atomic E-state index is 0.153. The quantitative estimate of drug-likeness (QED) is 0.660. The van der Waals surface area contributed by atoms with E-state index >= 15 is 0 Å². The summed E-state index contributed by atoms with van der Waals surface area (Å²) in [6, 6.07) is 0.710. The zero-order valence-electron chi connectivity index (χ0n) is 15.3. The van der Waals surface area contributed by atoms with Crippen molar-refractivity contribution in [2.24, 2.45) is 11.0 Å². The van der Waals surface area contributed by atoms with Gasteiger partial charge in [0, 0.05) is 24.2 Å². The molecular formula is C17H11F9N4O2. The van der Waals surface area contributed by atoms with Crippen molar-refractivity contribution < 1.29 is 49.7 Å². The van der Waals surface area contributed by atoms with Crippen LogP contribution in [0, 0.1) is 5.92 Å². The fourth-order valence-corrected chi connectivity index (χ4v) is 2.99. The Kier molecular flexibility index (Phi) is 5.84. The number of hydrazone groups is 1. The molecule has 15 heteroatoms. The lowest BCUT2D eigenvalue weighted by Crippen LogP contribution is -2.40. The van der Waals surface area contributed by atoms with Crippen LogP contribution in [0.15, 0.2) is 42.0 Å². The van der Waals surface area contributed by atoms with E-state index in [2.05, 4.69) is 15.1 Å². The molecule has 0 aromatic carbocycles. The molecule has 0 spiro atoms. The van der Waals surface area contributed by atoms with E-state index in [0.29, 0.717) is 36.9 Å². The Labute approximate surface area is 172 Å². The fourth-order valence-electron chi connectivity index (χ4n) is 2.99. The maximum Gasteiger partial charge on any atom is 0.431 e.